The average molecular weight is 831 g/mol. The number of aromatic hydroxyl groups is 1. The lowest BCUT2D eigenvalue weighted by Gasteiger charge is -2.36. The Morgan fingerprint density at radius 1 is 0.877 bits per heavy atom. The molecule has 1 saturated heterocycles. The summed E-state index contributed by atoms with van der Waals surface area (Å²) >= 11 is 0. The number of carbonyl (C=O) groups excluding carboxylic acids is 7. The molecule has 57 heavy (non-hydrogen) atoms. The van der Waals surface area contributed by atoms with Crippen molar-refractivity contribution in [1.82, 2.24) is 31.9 Å². The number of phenolic OH excluding ortho intramolecular Hbond substituents is 1. The highest BCUT2D eigenvalue weighted by Crippen LogP contribution is 2.39. The Balaban J connectivity index is 2.02. The SMILES string of the molecule is CC(C)[C@H](NC(=O)[C@H]1NC(=O)[C@H](CC(=O)O)NC(=O)[C@H](Cc2ccccc2)NC(=O)[C@H](NC(=O)[C@@H](N)Cc2ccc(O)cc2)CSSC1(C)C)C(=O)NCC(N)=O. The highest BCUT2D eigenvalue weighted by atomic mass is 33.1. The van der Waals surface area contributed by atoms with Crippen LogP contribution >= 0.6 is 21.6 Å². The predicted molar refractivity (Wildman–Crippen MR) is 213 cm³/mol. The van der Waals surface area contributed by atoms with Crippen molar-refractivity contribution in [3.8, 4) is 5.75 Å². The highest BCUT2D eigenvalue weighted by molar-refractivity contribution is 8.77. The minimum absolute atomic E-state index is 0.0266. The molecule has 2 aromatic carbocycles. The molecule has 1 heterocycles. The van der Waals surface area contributed by atoms with Gasteiger partial charge in [0.25, 0.3) is 0 Å². The van der Waals surface area contributed by atoms with Gasteiger partial charge in [0, 0.05) is 16.9 Å². The van der Waals surface area contributed by atoms with Crippen molar-refractivity contribution in [1.29, 1.82) is 0 Å². The number of rotatable bonds is 14. The number of hydrogen-bond acceptors (Lipinski definition) is 12. The molecule has 1 aliphatic rings. The molecule has 18 nitrogen and oxygen atoms in total. The molecule has 0 aliphatic carbocycles. The number of nitrogens with one attached hydrogen (secondary N) is 6. The number of carboxylic acid groups (broad SMARTS) is 1. The molecule has 0 saturated carbocycles. The fourth-order valence-electron chi connectivity index (χ4n) is 5.58. The molecule has 6 atom stereocenters. The largest absolute Gasteiger partial charge is 0.508 e. The van der Waals surface area contributed by atoms with Crippen LogP contribution in [-0.4, -0.2) is 111 Å². The molecule has 2 aromatic rings. The molecular weight excluding hydrogens is 781 g/mol. The van der Waals surface area contributed by atoms with Gasteiger partial charge in [0.2, 0.25) is 41.4 Å². The zero-order valence-electron chi connectivity index (χ0n) is 31.9. The summed E-state index contributed by atoms with van der Waals surface area (Å²) < 4.78 is -1.27. The van der Waals surface area contributed by atoms with Crippen molar-refractivity contribution in [2.75, 3.05) is 12.3 Å². The first-order valence-corrected chi connectivity index (χ1v) is 20.3. The van der Waals surface area contributed by atoms with Gasteiger partial charge in [-0.2, -0.15) is 0 Å². The second-order valence-electron chi connectivity index (χ2n) is 14.3. The van der Waals surface area contributed by atoms with Crippen LogP contribution in [0.4, 0.5) is 0 Å². The molecule has 0 radical (unpaired) electrons. The van der Waals surface area contributed by atoms with Gasteiger partial charge in [0.1, 0.15) is 36.0 Å². The molecule has 1 aliphatic heterocycles. The Bertz CT molecular complexity index is 1780. The van der Waals surface area contributed by atoms with E-state index in [0.717, 1.165) is 21.6 Å². The number of aliphatic carboxylic acids is 1. The summed E-state index contributed by atoms with van der Waals surface area (Å²) in [7, 11) is 2.11. The van der Waals surface area contributed by atoms with Crippen molar-refractivity contribution < 1.29 is 48.6 Å². The quantitative estimate of drug-likeness (QED) is 0.101. The molecular formula is C37H50N8O10S2. The molecule has 0 spiro atoms. The maximum Gasteiger partial charge on any atom is 0.305 e. The molecule has 7 amide bonds. The van der Waals surface area contributed by atoms with E-state index in [1.807, 2.05) is 0 Å². The van der Waals surface area contributed by atoms with Crippen molar-refractivity contribution in [3.63, 3.8) is 0 Å². The minimum atomic E-state index is -1.73. The zero-order valence-corrected chi connectivity index (χ0v) is 33.5. The van der Waals surface area contributed by atoms with E-state index >= 15 is 0 Å². The van der Waals surface area contributed by atoms with Crippen molar-refractivity contribution in [3.05, 3.63) is 65.7 Å². The summed E-state index contributed by atoms with van der Waals surface area (Å²) in [5.41, 5.74) is 12.6. The van der Waals surface area contributed by atoms with Gasteiger partial charge >= 0.3 is 5.97 Å². The number of hydrogen-bond donors (Lipinski definition) is 10. The van der Waals surface area contributed by atoms with E-state index in [2.05, 4.69) is 31.9 Å². The lowest BCUT2D eigenvalue weighted by molar-refractivity contribution is -0.141. The molecule has 310 valence electrons. The van der Waals surface area contributed by atoms with Gasteiger partial charge in [0.15, 0.2) is 0 Å². The fraction of sp³-hybridized carbons (Fsp3) is 0.459. The van der Waals surface area contributed by atoms with Crippen LogP contribution in [0.5, 0.6) is 5.75 Å². The van der Waals surface area contributed by atoms with Crippen molar-refractivity contribution >= 4 is 68.9 Å². The second-order valence-corrected chi connectivity index (χ2v) is 17.3. The lowest BCUT2D eigenvalue weighted by Crippen LogP contribution is -2.64. The van der Waals surface area contributed by atoms with Crippen LogP contribution in [0.25, 0.3) is 0 Å². The number of carbonyl (C=O) groups is 8. The number of amides is 7. The van der Waals surface area contributed by atoms with E-state index in [0.29, 0.717) is 11.1 Å². The maximum absolute atomic E-state index is 14.0. The first-order chi connectivity index (χ1) is 26.8. The van der Waals surface area contributed by atoms with E-state index < -0.39 is 107 Å². The molecule has 0 unspecified atom stereocenters. The summed E-state index contributed by atoms with van der Waals surface area (Å²) in [5, 5.41) is 34.6. The smallest absolute Gasteiger partial charge is 0.305 e. The number of phenols is 1. The maximum atomic E-state index is 14.0. The molecule has 20 heteroatoms. The van der Waals surface area contributed by atoms with Crippen LogP contribution in [0.15, 0.2) is 54.6 Å². The monoisotopic (exact) mass is 830 g/mol. The van der Waals surface area contributed by atoms with Gasteiger partial charge in [-0.05, 0) is 49.4 Å². The normalized spacial score (nSPS) is 21.3. The van der Waals surface area contributed by atoms with Crippen LogP contribution in [-0.2, 0) is 51.2 Å². The van der Waals surface area contributed by atoms with Crippen molar-refractivity contribution in [2.24, 2.45) is 17.4 Å². The van der Waals surface area contributed by atoms with Crippen LogP contribution in [0.3, 0.4) is 0 Å². The van der Waals surface area contributed by atoms with E-state index in [1.54, 1.807) is 70.2 Å². The zero-order chi connectivity index (χ0) is 42.4. The average Bonchev–Trinajstić information content (AvgIpc) is 3.14. The molecule has 0 bridgehead atoms. The van der Waals surface area contributed by atoms with Gasteiger partial charge in [-0.25, -0.2) is 0 Å². The van der Waals surface area contributed by atoms with E-state index in [-0.39, 0.29) is 24.3 Å². The highest BCUT2D eigenvalue weighted by Gasteiger charge is 2.42. The van der Waals surface area contributed by atoms with Gasteiger partial charge in [0.05, 0.1) is 19.0 Å². The fourth-order valence-corrected chi connectivity index (χ4v) is 8.40. The summed E-state index contributed by atoms with van der Waals surface area (Å²) in [6.07, 6.45) is -0.926. The van der Waals surface area contributed by atoms with Gasteiger partial charge in [-0.3, -0.25) is 38.4 Å². The van der Waals surface area contributed by atoms with Gasteiger partial charge in [-0.15, -0.1) is 0 Å². The second kappa shape index (κ2) is 21.3. The Hall–Kier alpha value is -5.34. The summed E-state index contributed by atoms with van der Waals surface area (Å²) in [4.78, 5) is 105. The van der Waals surface area contributed by atoms with E-state index in [1.165, 1.54) is 12.1 Å². The first-order valence-electron chi connectivity index (χ1n) is 17.9. The molecule has 12 N–H and O–H groups in total. The Kier molecular flexibility index (Phi) is 17.2. The van der Waals surface area contributed by atoms with Crippen LogP contribution in [0, 0.1) is 5.92 Å². The third-order valence-electron chi connectivity index (χ3n) is 8.73. The predicted octanol–water partition coefficient (Wildman–Crippen LogP) is -1.17. The number of primary amides is 1. The van der Waals surface area contributed by atoms with E-state index in [9.17, 15) is 48.6 Å². The number of carboxylic acids is 1. The number of nitrogens with two attached hydrogens (primary N) is 2. The summed E-state index contributed by atoms with van der Waals surface area (Å²) in [6, 6.07) is 6.45. The third-order valence-corrected chi connectivity index (χ3v) is 12.0. The van der Waals surface area contributed by atoms with Crippen LogP contribution < -0.4 is 43.4 Å². The molecule has 1 fully saturated rings. The Morgan fingerprint density at radius 3 is 2.09 bits per heavy atom. The number of benzene rings is 2. The first kappa shape index (κ1) is 46.0. The van der Waals surface area contributed by atoms with Crippen LogP contribution in [0.1, 0.15) is 45.2 Å². The van der Waals surface area contributed by atoms with E-state index in [4.69, 9.17) is 11.5 Å². The lowest BCUT2D eigenvalue weighted by atomic mass is 9.98. The van der Waals surface area contributed by atoms with Gasteiger partial charge < -0.3 is 53.6 Å². The van der Waals surface area contributed by atoms with Crippen molar-refractivity contribution in [2.45, 2.75) is 88.0 Å². The Labute approximate surface area is 337 Å². The Morgan fingerprint density at radius 2 is 1.49 bits per heavy atom. The summed E-state index contributed by atoms with van der Waals surface area (Å²) in [5.74, 6) is -7.88. The standard InChI is InChI=1S/C37H50N8O10S2/c1-19(2)29(35(54)40-17-27(39)47)44-36(55)30-37(3,4)57-56-18-26(43-31(50)23(38)14-21-10-12-22(46)13-11-21)34(53)41-24(15-20-8-6-5-7-9-20)32(51)42-25(16-28(48)49)33(52)45-30/h5-13,19,23-26,29-30,46H,14-18,38H2,1-4H3,(H2,39,47)(H,40,54)(H,41,53)(H,42,51)(H,43,50)(H,44,55)(H,45,52)(H,48,49)/t23-,24-,25-,26+,29-,30+/m0/s1. The minimum Gasteiger partial charge on any atom is -0.508 e. The molecule has 0 aromatic heterocycles. The third kappa shape index (κ3) is 14.6. The summed E-state index contributed by atoms with van der Waals surface area (Å²) in [6.45, 7) is 5.94. The van der Waals surface area contributed by atoms with Crippen LogP contribution in [0.2, 0.25) is 0 Å². The molecule has 3 rings (SSSR count). The topological polar surface area (TPSA) is 301 Å². The van der Waals surface area contributed by atoms with Gasteiger partial charge in [-0.1, -0.05) is 77.9 Å².